The smallest absolute Gasteiger partial charge is 0.137 e. The number of aliphatic hydroxyl groups is 1. The maximum absolute atomic E-state index is 9.65. The monoisotopic (exact) mass is 286 g/mol. The van der Waals surface area contributed by atoms with Crippen LogP contribution in [-0.4, -0.2) is 52.8 Å². The minimum Gasteiger partial charge on any atom is -0.392 e. The molecule has 1 aliphatic rings. The first kappa shape index (κ1) is 14.3. The van der Waals surface area contributed by atoms with Gasteiger partial charge in [-0.3, -0.25) is 4.90 Å². The molecule has 1 aromatic carbocycles. The van der Waals surface area contributed by atoms with Gasteiger partial charge in [-0.1, -0.05) is 18.2 Å². The second-order valence-corrected chi connectivity index (χ2v) is 5.61. The fraction of sp³-hybridized carbons (Fsp3) is 0.438. The molecule has 3 N–H and O–H groups in total. The van der Waals surface area contributed by atoms with Crippen molar-refractivity contribution in [2.45, 2.75) is 18.6 Å². The third-order valence-corrected chi connectivity index (χ3v) is 4.10. The highest BCUT2D eigenvalue weighted by molar-refractivity contribution is 5.56. The number of aromatic amines is 1. The molecule has 2 atom stereocenters. The van der Waals surface area contributed by atoms with Crippen LogP contribution in [0.4, 0.5) is 0 Å². The number of aliphatic hydroxyl groups excluding tert-OH is 1. The van der Waals surface area contributed by atoms with E-state index in [1.54, 1.807) is 6.20 Å². The Bertz CT molecular complexity index is 569. The van der Waals surface area contributed by atoms with Gasteiger partial charge in [-0.05, 0) is 25.1 Å². The number of H-pyrrole nitrogens is 1. The summed E-state index contributed by atoms with van der Waals surface area (Å²) in [6.07, 6.45) is 4.31. The highest BCUT2D eigenvalue weighted by atomic mass is 16.3. The Morgan fingerprint density at radius 1 is 1.52 bits per heavy atom. The van der Waals surface area contributed by atoms with Gasteiger partial charge in [-0.15, -0.1) is 0 Å². The van der Waals surface area contributed by atoms with E-state index in [-0.39, 0.29) is 12.1 Å². The molecule has 0 spiro atoms. The number of β-amino-alcohol motifs (C(OH)–C–C–N with tert-alkyl or cyclic N) is 1. The first-order valence-corrected chi connectivity index (χ1v) is 7.43. The van der Waals surface area contributed by atoms with Crippen LogP contribution in [0.2, 0.25) is 0 Å². The van der Waals surface area contributed by atoms with E-state index >= 15 is 0 Å². The minimum absolute atomic E-state index is 0.169. The predicted molar refractivity (Wildman–Crippen MR) is 82.9 cm³/mol. The molecule has 1 fully saturated rings. The molecule has 0 bridgehead atoms. The molecule has 0 unspecified atom stereocenters. The van der Waals surface area contributed by atoms with Gasteiger partial charge in [-0.2, -0.15) is 0 Å². The van der Waals surface area contributed by atoms with Gasteiger partial charge >= 0.3 is 0 Å². The van der Waals surface area contributed by atoms with E-state index in [1.807, 2.05) is 13.2 Å². The quantitative estimate of drug-likeness (QED) is 0.777. The van der Waals surface area contributed by atoms with Crippen LogP contribution >= 0.6 is 0 Å². The number of nitrogens with one attached hydrogen (secondary N) is 2. The molecule has 1 aromatic heterocycles. The van der Waals surface area contributed by atoms with Crippen molar-refractivity contribution < 1.29 is 5.11 Å². The molecule has 0 saturated carbocycles. The van der Waals surface area contributed by atoms with Gasteiger partial charge in [0.15, 0.2) is 0 Å². The van der Waals surface area contributed by atoms with Crippen LogP contribution in [-0.2, 0) is 0 Å². The van der Waals surface area contributed by atoms with E-state index in [1.165, 1.54) is 5.56 Å². The maximum atomic E-state index is 9.65. The molecular formula is C16H22N4O. The Balaban J connectivity index is 1.76. The van der Waals surface area contributed by atoms with Gasteiger partial charge < -0.3 is 15.4 Å². The van der Waals surface area contributed by atoms with Crippen molar-refractivity contribution in [3.63, 3.8) is 0 Å². The van der Waals surface area contributed by atoms with E-state index in [4.69, 9.17) is 0 Å². The molecule has 2 heterocycles. The van der Waals surface area contributed by atoms with E-state index < -0.39 is 0 Å². The zero-order chi connectivity index (χ0) is 14.7. The van der Waals surface area contributed by atoms with Crippen LogP contribution < -0.4 is 5.32 Å². The Hall–Kier alpha value is -1.69. The van der Waals surface area contributed by atoms with E-state index in [9.17, 15) is 5.11 Å². The lowest BCUT2D eigenvalue weighted by atomic mass is 10.0. The van der Waals surface area contributed by atoms with Crippen molar-refractivity contribution in [1.82, 2.24) is 20.2 Å². The van der Waals surface area contributed by atoms with E-state index in [2.05, 4.69) is 44.5 Å². The Morgan fingerprint density at radius 3 is 3.10 bits per heavy atom. The average Bonchev–Trinajstić information content (AvgIpc) is 3.16. The lowest BCUT2D eigenvalue weighted by Gasteiger charge is -2.23. The zero-order valence-corrected chi connectivity index (χ0v) is 12.3. The molecule has 21 heavy (non-hydrogen) atoms. The van der Waals surface area contributed by atoms with E-state index in [0.29, 0.717) is 0 Å². The summed E-state index contributed by atoms with van der Waals surface area (Å²) in [7, 11) is 1.98. The second kappa shape index (κ2) is 6.39. The van der Waals surface area contributed by atoms with Gasteiger partial charge in [0.1, 0.15) is 5.82 Å². The number of likely N-dealkylation sites (N-methyl/N-ethyl adjacent to an activating group) is 1. The third kappa shape index (κ3) is 3.32. The zero-order valence-electron chi connectivity index (χ0n) is 12.3. The van der Waals surface area contributed by atoms with Gasteiger partial charge in [-0.25, -0.2) is 4.98 Å². The predicted octanol–water partition coefficient (Wildman–Crippen LogP) is 1.40. The number of hydrogen-bond donors (Lipinski definition) is 3. The Morgan fingerprint density at radius 2 is 2.43 bits per heavy atom. The SMILES string of the molecule is CN[C@@H](CN1CC[C@H](O)C1)c1cccc(-c2ncc[nH]2)c1. The molecule has 5 heteroatoms. The minimum atomic E-state index is -0.169. The number of aromatic nitrogens is 2. The highest BCUT2D eigenvalue weighted by Crippen LogP contribution is 2.22. The van der Waals surface area contributed by atoms with Crippen LogP contribution in [0, 0.1) is 0 Å². The van der Waals surface area contributed by atoms with Gasteiger partial charge in [0, 0.05) is 43.6 Å². The summed E-state index contributed by atoms with van der Waals surface area (Å²) >= 11 is 0. The van der Waals surface area contributed by atoms with Crippen LogP contribution in [0.3, 0.4) is 0 Å². The molecule has 1 saturated heterocycles. The Kier molecular flexibility index (Phi) is 4.34. The van der Waals surface area contributed by atoms with Crippen molar-refractivity contribution >= 4 is 0 Å². The fourth-order valence-electron chi connectivity index (χ4n) is 2.93. The number of hydrogen-bond acceptors (Lipinski definition) is 4. The van der Waals surface area contributed by atoms with E-state index in [0.717, 1.165) is 37.4 Å². The van der Waals surface area contributed by atoms with Gasteiger partial charge in [0.25, 0.3) is 0 Å². The Labute approximate surface area is 125 Å². The summed E-state index contributed by atoms with van der Waals surface area (Å²) in [5.41, 5.74) is 2.34. The maximum Gasteiger partial charge on any atom is 0.137 e. The van der Waals surface area contributed by atoms with Crippen molar-refractivity contribution in [2.75, 3.05) is 26.7 Å². The van der Waals surface area contributed by atoms with Crippen LogP contribution in [0.1, 0.15) is 18.0 Å². The van der Waals surface area contributed by atoms with Crippen molar-refractivity contribution in [1.29, 1.82) is 0 Å². The largest absolute Gasteiger partial charge is 0.392 e. The molecule has 2 aromatic rings. The summed E-state index contributed by atoms with van der Waals surface area (Å²) in [5, 5.41) is 13.0. The topological polar surface area (TPSA) is 64.2 Å². The number of nitrogens with zero attached hydrogens (tertiary/aromatic N) is 2. The lowest BCUT2D eigenvalue weighted by molar-refractivity contribution is 0.173. The van der Waals surface area contributed by atoms with Crippen molar-refractivity contribution in [3.8, 4) is 11.4 Å². The fourth-order valence-corrected chi connectivity index (χ4v) is 2.93. The van der Waals surface area contributed by atoms with Crippen molar-refractivity contribution in [2.24, 2.45) is 0 Å². The summed E-state index contributed by atoms with van der Waals surface area (Å²) in [6.45, 7) is 2.66. The molecule has 3 rings (SSSR count). The van der Waals surface area contributed by atoms with Gasteiger partial charge in [0.05, 0.1) is 6.10 Å². The summed E-state index contributed by atoms with van der Waals surface area (Å²) in [5.74, 6) is 0.892. The first-order chi connectivity index (χ1) is 10.3. The average molecular weight is 286 g/mol. The molecule has 0 amide bonds. The van der Waals surface area contributed by atoms with Gasteiger partial charge in [0.2, 0.25) is 0 Å². The summed E-state index contributed by atoms with van der Waals surface area (Å²) < 4.78 is 0. The molecule has 0 aliphatic carbocycles. The standard InChI is InChI=1S/C16H22N4O/c1-17-15(11-20-8-5-14(21)10-20)12-3-2-4-13(9-12)16-18-6-7-19-16/h2-4,6-7,9,14-15,17,21H,5,8,10-11H2,1H3,(H,18,19)/t14-,15-/m0/s1. The van der Waals surface area contributed by atoms with Crippen molar-refractivity contribution in [3.05, 3.63) is 42.2 Å². The number of imidazole rings is 1. The highest BCUT2D eigenvalue weighted by Gasteiger charge is 2.23. The molecule has 0 radical (unpaired) electrons. The molecule has 112 valence electrons. The number of rotatable bonds is 5. The lowest BCUT2D eigenvalue weighted by Crippen LogP contribution is -2.33. The van der Waals surface area contributed by atoms with Crippen LogP contribution in [0.25, 0.3) is 11.4 Å². The molecule has 5 nitrogen and oxygen atoms in total. The third-order valence-electron chi connectivity index (χ3n) is 4.10. The molecular weight excluding hydrogens is 264 g/mol. The normalized spacial score (nSPS) is 20.8. The van der Waals surface area contributed by atoms with Crippen LogP contribution in [0.15, 0.2) is 36.7 Å². The summed E-state index contributed by atoms with van der Waals surface area (Å²) in [6, 6.07) is 8.70. The molecule has 1 aliphatic heterocycles. The first-order valence-electron chi connectivity index (χ1n) is 7.43. The second-order valence-electron chi connectivity index (χ2n) is 5.61. The summed E-state index contributed by atoms with van der Waals surface area (Å²) in [4.78, 5) is 9.76. The number of benzene rings is 1. The number of likely N-dealkylation sites (tertiary alicyclic amines) is 1. The van der Waals surface area contributed by atoms with Crippen LogP contribution in [0.5, 0.6) is 0 Å².